The van der Waals surface area contributed by atoms with Crippen LogP contribution in [0.25, 0.3) is 22.3 Å². The first-order chi connectivity index (χ1) is 27.5. The third kappa shape index (κ3) is 6.68. The molecule has 0 saturated carbocycles. The Morgan fingerprint density at radius 3 is 1.29 bits per heavy atom. The van der Waals surface area contributed by atoms with E-state index in [9.17, 15) is 20.4 Å². The summed E-state index contributed by atoms with van der Waals surface area (Å²) in [5.41, 5.74) is 15.9. The lowest BCUT2D eigenvalue weighted by Crippen LogP contribution is -2.07. The zero-order chi connectivity index (χ0) is 38.2. The SMILES string of the molecule is OCc1ccc(C2=CC3=CC4=NC(=CC5=NC(=CC6=NC(=C(c7ccc(CO)cc7)C2=N3)C(c2ccc(CO)cc2)=C6c2ccc(CO)cc2)C=C5)C=C4)cc1. The van der Waals surface area contributed by atoms with Gasteiger partial charge < -0.3 is 20.4 Å². The number of aliphatic imine (C=N–C) groups is 4. The van der Waals surface area contributed by atoms with Crippen LogP contribution < -0.4 is 0 Å². The number of nitrogens with zero attached hydrogens (tertiary/aromatic N) is 4. The molecule has 0 atom stereocenters. The molecule has 272 valence electrons. The zero-order valence-corrected chi connectivity index (χ0v) is 30.3. The molecule has 5 heterocycles. The molecule has 4 aromatic carbocycles. The van der Waals surface area contributed by atoms with Gasteiger partial charge >= 0.3 is 0 Å². The van der Waals surface area contributed by atoms with Crippen molar-refractivity contribution in [3.8, 4) is 0 Å². The summed E-state index contributed by atoms with van der Waals surface area (Å²) in [5.74, 6) is 0. The zero-order valence-electron chi connectivity index (χ0n) is 30.3. The molecule has 0 aromatic heterocycles. The van der Waals surface area contributed by atoms with Crippen molar-refractivity contribution in [2.24, 2.45) is 20.0 Å². The number of aliphatic hydroxyl groups is 4. The maximum atomic E-state index is 10.0. The molecular weight excluding hydrogens is 697 g/mol. The van der Waals surface area contributed by atoms with Crippen molar-refractivity contribution in [2.75, 3.05) is 0 Å². The van der Waals surface area contributed by atoms with E-state index in [0.29, 0.717) is 22.8 Å². The highest BCUT2D eigenvalue weighted by molar-refractivity contribution is 6.50. The molecule has 4 N–H and O–H groups in total. The average Bonchev–Trinajstić information content (AvgIpc) is 4.06. The number of hydrogen-bond donors (Lipinski definition) is 4. The van der Waals surface area contributed by atoms with Gasteiger partial charge in [0.05, 0.1) is 72.1 Å². The van der Waals surface area contributed by atoms with Gasteiger partial charge in [0.15, 0.2) is 0 Å². The van der Waals surface area contributed by atoms with E-state index < -0.39 is 0 Å². The van der Waals surface area contributed by atoms with E-state index in [-0.39, 0.29) is 26.4 Å². The molecule has 0 aliphatic carbocycles. The molecule has 0 fully saturated rings. The molecule has 8 bridgehead atoms. The highest BCUT2D eigenvalue weighted by Crippen LogP contribution is 2.46. The third-order valence-corrected chi connectivity index (χ3v) is 10.2. The van der Waals surface area contributed by atoms with Crippen molar-refractivity contribution in [2.45, 2.75) is 26.4 Å². The highest BCUT2D eigenvalue weighted by Gasteiger charge is 2.33. The molecule has 56 heavy (non-hydrogen) atoms. The van der Waals surface area contributed by atoms with Crippen molar-refractivity contribution in [3.05, 3.63) is 213 Å². The van der Waals surface area contributed by atoms with Crippen LogP contribution in [0.4, 0.5) is 0 Å². The maximum absolute atomic E-state index is 10.0. The fourth-order valence-corrected chi connectivity index (χ4v) is 7.32. The average molecular weight is 733 g/mol. The molecule has 0 amide bonds. The fraction of sp³-hybridized carbons (Fsp3) is 0.0833. The van der Waals surface area contributed by atoms with Gasteiger partial charge in [0.2, 0.25) is 0 Å². The molecular formula is C48H36N4O4. The molecule has 0 spiro atoms. The minimum Gasteiger partial charge on any atom is -0.392 e. The van der Waals surface area contributed by atoms with Crippen LogP contribution in [0.3, 0.4) is 0 Å². The Hall–Kier alpha value is -6.68. The van der Waals surface area contributed by atoms with Crippen LogP contribution in [0.1, 0.15) is 44.5 Å². The molecule has 9 rings (SSSR count). The number of aliphatic hydroxyl groups excluding tert-OH is 4. The quantitative estimate of drug-likeness (QED) is 0.148. The van der Waals surface area contributed by atoms with Crippen LogP contribution in [-0.4, -0.2) is 43.3 Å². The van der Waals surface area contributed by atoms with E-state index in [0.717, 1.165) is 89.6 Å². The first-order valence-electron chi connectivity index (χ1n) is 18.4. The Morgan fingerprint density at radius 2 is 0.786 bits per heavy atom. The van der Waals surface area contributed by atoms with Gasteiger partial charge in [-0.15, -0.1) is 0 Å². The van der Waals surface area contributed by atoms with E-state index in [1.165, 1.54) is 0 Å². The lowest BCUT2D eigenvalue weighted by Gasteiger charge is -2.18. The van der Waals surface area contributed by atoms with Gasteiger partial charge in [-0.05, 0) is 93.1 Å². The molecule has 0 radical (unpaired) electrons. The fourth-order valence-electron chi connectivity index (χ4n) is 7.32. The number of benzene rings is 4. The largest absolute Gasteiger partial charge is 0.392 e. The van der Waals surface area contributed by atoms with Gasteiger partial charge in [0.25, 0.3) is 0 Å². The monoisotopic (exact) mass is 732 g/mol. The van der Waals surface area contributed by atoms with E-state index in [1.54, 1.807) is 0 Å². The lowest BCUT2D eigenvalue weighted by atomic mass is 9.85. The van der Waals surface area contributed by atoms with Crippen molar-refractivity contribution < 1.29 is 20.4 Å². The predicted molar refractivity (Wildman–Crippen MR) is 223 cm³/mol. The van der Waals surface area contributed by atoms with Crippen LogP contribution in [0.15, 0.2) is 188 Å². The van der Waals surface area contributed by atoms with Crippen LogP contribution in [0.2, 0.25) is 0 Å². The van der Waals surface area contributed by atoms with E-state index in [2.05, 4.69) is 6.08 Å². The summed E-state index contributed by atoms with van der Waals surface area (Å²) >= 11 is 0. The van der Waals surface area contributed by atoms with Gasteiger partial charge in [-0.2, -0.15) is 0 Å². The standard InChI is InChI=1S/C48H36N4O4/c53-25-29-1-9-33(10-2-29)42-23-41-22-39-18-17-37(49-39)21-38-19-20-40(50-38)24-43-44(34-11-3-30(26-54)4-12-34)45(35-13-5-31(27-55)6-14-35)48(52-43)46(47(42)51-41)36-15-7-32(28-56)8-16-36/h1-24,53-56H,25-28H2. The van der Waals surface area contributed by atoms with E-state index in [1.807, 2.05) is 140 Å². The minimum atomic E-state index is -0.101. The summed E-state index contributed by atoms with van der Waals surface area (Å²) in [4.78, 5) is 20.7. The van der Waals surface area contributed by atoms with Crippen LogP contribution >= 0.6 is 0 Å². The minimum absolute atomic E-state index is 0.0706. The number of fused-ring (bicyclic) bond motifs is 4. The summed E-state index contributed by atoms with van der Waals surface area (Å²) in [6.07, 6.45) is 15.8. The maximum Gasteiger partial charge on any atom is 0.0822 e. The summed E-state index contributed by atoms with van der Waals surface area (Å²) < 4.78 is 0. The van der Waals surface area contributed by atoms with E-state index in [4.69, 9.17) is 20.0 Å². The molecule has 5 aliphatic heterocycles. The Labute approximate surface area is 324 Å². The summed E-state index contributed by atoms with van der Waals surface area (Å²) in [7, 11) is 0. The van der Waals surface area contributed by atoms with Gasteiger partial charge in [0.1, 0.15) is 0 Å². The second kappa shape index (κ2) is 14.9. The molecule has 4 aromatic rings. The molecule has 0 saturated heterocycles. The Morgan fingerprint density at radius 1 is 0.357 bits per heavy atom. The van der Waals surface area contributed by atoms with Gasteiger partial charge in [-0.1, -0.05) is 97.1 Å². The normalized spacial score (nSPS) is 17.1. The Kier molecular flexibility index (Phi) is 9.30. The molecule has 0 unspecified atom stereocenters. The Balaban J connectivity index is 1.41. The summed E-state index contributed by atoms with van der Waals surface area (Å²) in [6.45, 7) is -0.344. The van der Waals surface area contributed by atoms with Crippen molar-refractivity contribution in [3.63, 3.8) is 0 Å². The summed E-state index contributed by atoms with van der Waals surface area (Å²) in [5, 5.41) is 39.9. The highest BCUT2D eigenvalue weighted by atomic mass is 16.3. The van der Waals surface area contributed by atoms with Gasteiger partial charge in [-0.3, -0.25) is 0 Å². The van der Waals surface area contributed by atoms with Crippen LogP contribution in [0, 0.1) is 0 Å². The van der Waals surface area contributed by atoms with Crippen LogP contribution in [-0.2, 0) is 26.4 Å². The van der Waals surface area contributed by atoms with Crippen molar-refractivity contribution >= 4 is 45.1 Å². The molecule has 8 nitrogen and oxygen atoms in total. The van der Waals surface area contributed by atoms with Gasteiger partial charge in [0, 0.05) is 22.3 Å². The van der Waals surface area contributed by atoms with Crippen LogP contribution in [0.5, 0.6) is 0 Å². The summed E-state index contributed by atoms with van der Waals surface area (Å²) in [6, 6.07) is 31.3. The van der Waals surface area contributed by atoms with Crippen molar-refractivity contribution in [1.82, 2.24) is 0 Å². The molecule has 5 aliphatic rings. The second-order valence-corrected chi connectivity index (χ2v) is 13.9. The first-order valence-corrected chi connectivity index (χ1v) is 18.4. The predicted octanol–water partition coefficient (Wildman–Crippen LogP) is 7.66. The van der Waals surface area contributed by atoms with E-state index >= 15 is 0 Å². The van der Waals surface area contributed by atoms with Crippen molar-refractivity contribution in [1.29, 1.82) is 0 Å². The molecule has 8 heteroatoms. The number of rotatable bonds is 8. The lowest BCUT2D eigenvalue weighted by molar-refractivity contribution is 0.281. The van der Waals surface area contributed by atoms with Gasteiger partial charge in [-0.25, -0.2) is 20.0 Å². The third-order valence-electron chi connectivity index (χ3n) is 10.2. The number of hydrogen-bond acceptors (Lipinski definition) is 8. The first kappa shape index (κ1) is 35.0. The smallest absolute Gasteiger partial charge is 0.0822 e. The number of allylic oxidation sites excluding steroid dienone is 12. The second-order valence-electron chi connectivity index (χ2n) is 13.9. The topological polar surface area (TPSA) is 130 Å². The Bertz CT molecular complexity index is 2660.